The average Bonchev–Trinajstić information content (AvgIpc) is 2.72. The van der Waals surface area contributed by atoms with Gasteiger partial charge in [0.2, 0.25) is 0 Å². The van der Waals surface area contributed by atoms with Crippen molar-refractivity contribution in [1.82, 2.24) is 0 Å². The van der Waals surface area contributed by atoms with Gasteiger partial charge in [-0.2, -0.15) is 11.8 Å². The molecule has 1 aromatic rings. The van der Waals surface area contributed by atoms with E-state index in [1.807, 2.05) is 6.26 Å². The zero-order chi connectivity index (χ0) is 15.4. The van der Waals surface area contributed by atoms with E-state index in [1.54, 1.807) is 24.3 Å². The lowest BCUT2D eigenvalue weighted by atomic mass is 10.1. The molecule has 110 valence electrons. The Kier molecular flexibility index (Phi) is 4.80. The van der Waals surface area contributed by atoms with Crippen molar-refractivity contribution in [3.63, 3.8) is 0 Å². The summed E-state index contributed by atoms with van der Waals surface area (Å²) in [5.74, 6) is -0.856. The molecule has 0 amide bonds. The van der Waals surface area contributed by atoms with Crippen LogP contribution in [0.25, 0.3) is 5.76 Å². The summed E-state index contributed by atoms with van der Waals surface area (Å²) in [4.78, 5) is 27.2. The van der Waals surface area contributed by atoms with Gasteiger partial charge in [-0.3, -0.25) is 9.79 Å². The predicted molar refractivity (Wildman–Crippen MR) is 83.2 cm³/mol. The SMILES string of the molecule is CSCC[C@H](N=CC1=C(O)c2ccccc2C1=O)C(=O)O. The largest absolute Gasteiger partial charge is 0.506 e. The van der Waals surface area contributed by atoms with Crippen LogP contribution in [-0.4, -0.2) is 46.2 Å². The third-order valence-electron chi connectivity index (χ3n) is 3.19. The zero-order valence-corrected chi connectivity index (χ0v) is 12.3. The highest BCUT2D eigenvalue weighted by atomic mass is 32.2. The van der Waals surface area contributed by atoms with E-state index in [0.29, 0.717) is 23.3 Å². The lowest BCUT2D eigenvalue weighted by molar-refractivity contribution is -0.138. The number of carboxylic acid groups (broad SMARTS) is 1. The third-order valence-corrected chi connectivity index (χ3v) is 3.83. The lowest BCUT2D eigenvalue weighted by Gasteiger charge is -2.05. The van der Waals surface area contributed by atoms with Gasteiger partial charge in [-0.15, -0.1) is 0 Å². The Bertz CT molecular complexity index is 636. The summed E-state index contributed by atoms with van der Waals surface area (Å²) in [6.45, 7) is 0. The Morgan fingerprint density at radius 1 is 1.38 bits per heavy atom. The van der Waals surface area contributed by atoms with Gasteiger partial charge in [0.15, 0.2) is 5.78 Å². The summed E-state index contributed by atoms with van der Waals surface area (Å²) in [5.41, 5.74) is 0.916. The number of carbonyl (C=O) groups excluding carboxylic acids is 1. The van der Waals surface area contributed by atoms with Crippen molar-refractivity contribution in [2.24, 2.45) is 4.99 Å². The number of allylic oxidation sites excluding steroid dienone is 1. The first-order valence-electron chi connectivity index (χ1n) is 6.38. The number of hydrogen-bond acceptors (Lipinski definition) is 5. The lowest BCUT2D eigenvalue weighted by Crippen LogP contribution is -2.19. The molecule has 0 fully saturated rings. The summed E-state index contributed by atoms with van der Waals surface area (Å²) in [6, 6.07) is 5.79. The molecule has 0 unspecified atom stereocenters. The van der Waals surface area contributed by atoms with E-state index in [-0.39, 0.29) is 17.1 Å². The second kappa shape index (κ2) is 6.58. The van der Waals surface area contributed by atoms with Crippen LogP contribution in [0.4, 0.5) is 0 Å². The second-order valence-corrected chi connectivity index (χ2v) is 5.54. The highest BCUT2D eigenvalue weighted by Gasteiger charge is 2.28. The van der Waals surface area contributed by atoms with Crippen LogP contribution in [0, 0.1) is 0 Å². The van der Waals surface area contributed by atoms with Gasteiger partial charge >= 0.3 is 5.97 Å². The van der Waals surface area contributed by atoms with Crippen molar-refractivity contribution >= 4 is 35.5 Å². The van der Waals surface area contributed by atoms with Crippen LogP contribution in [0.2, 0.25) is 0 Å². The number of carboxylic acids is 1. The predicted octanol–water partition coefficient (Wildman–Crippen LogP) is 2.43. The molecule has 0 saturated carbocycles. The number of carbonyl (C=O) groups is 2. The van der Waals surface area contributed by atoms with E-state index in [0.717, 1.165) is 0 Å². The van der Waals surface area contributed by atoms with Crippen molar-refractivity contribution in [1.29, 1.82) is 0 Å². The number of ketones is 1. The molecule has 1 aliphatic carbocycles. The minimum absolute atomic E-state index is 0.0478. The number of aliphatic imine (C=N–C) groups is 1. The number of rotatable bonds is 6. The van der Waals surface area contributed by atoms with Crippen molar-refractivity contribution in [2.45, 2.75) is 12.5 Å². The van der Waals surface area contributed by atoms with Crippen molar-refractivity contribution in [3.8, 4) is 0 Å². The number of aliphatic carboxylic acids is 1. The van der Waals surface area contributed by atoms with Gasteiger partial charge in [0.05, 0.1) is 5.57 Å². The van der Waals surface area contributed by atoms with Gasteiger partial charge in [0.1, 0.15) is 11.8 Å². The van der Waals surface area contributed by atoms with Crippen LogP contribution in [0.15, 0.2) is 34.8 Å². The minimum atomic E-state index is -1.04. The molecule has 0 aliphatic heterocycles. The van der Waals surface area contributed by atoms with E-state index < -0.39 is 12.0 Å². The minimum Gasteiger partial charge on any atom is -0.506 e. The Balaban J connectivity index is 2.23. The summed E-state index contributed by atoms with van der Waals surface area (Å²) in [6.07, 6.45) is 3.44. The fourth-order valence-corrected chi connectivity index (χ4v) is 2.52. The van der Waals surface area contributed by atoms with Gasteiger partial charge < -0.3 is 10.2 Å². The van der Waals surface area contributed by atoms with Crippen LogP contribution in [0.3, 0.4) is 0 Å². The average molecular weight is 305 g/mol. The van der Waals surface area contributed by atoms with E-state index >= 15 is 0 Å². The smallest absolute Gasteiger partial charge is 0.328 e. The molecular weight excluding hydrogens is 290 g/mol. The molecule has 0 bridgehead atoms. The number of thioether (sulfide) groups is 1. The molecule has 5 nitrogen and oxygen atoms in total. The fourth-order valence-electron chi connectivity index (χ4n) is 2.06. The molecule has 1 aromatic carbocycles. The van der Waals surface area contributed by atoms with Crippen molar-refractivity contribution in [3.05, 3.63) is 41.0 Å². The Hall–Kier alpha value is -2.08. The maximum Gasteiger partial charge on any atom is 0.328 e. The van der Waals surface area contributed by atoms with Gasteiger partial charge in [0.25, 0.3) is 0 Å². The number of fused-ring (bicyclic) bond motifs is 1. The molecule has 1 aliphatic rings. The van der Waals surface area contributed by atoms with Crippen molar-refractivity contribution < 1.29 is 19.8 Å². The first-order valence-corrected chi connectivity index (χ1v) is 7.78. The number of benzene rings is 1. The number of aliphatic hydroxyl groups is 1. The number of hydrogen-bond donors (Lipinski definition) is 2. The zero-order valence-electron chi connectivity index (χ0n) is 11.4. The Labute approximate surface area is 126 Å². The quantitative estimate of drug-likeness (QED) is 0.788. The fraction of sp³-hybridized carbons (Fsp3) is 0.267. The molecule has 0 aromatic heterocycles. The maximum atomic E-state index is 12.1. The Morgan fingerprint density at radius 3 is 2.62 bits per heavy atom. The van der Waals surface area contributed by atoms with Gasteiger partial charge in [0, 0.05) is 17.3 Å². The molecule has 0 radical (unpaired) electrons. The molecule has 0 heterocycles. The van der Waals surface area contributed by atoms with Crippen molar-refractivity contribution in [2.75, 3.05) is 12.0 Å². The Morgan fingerprint density at radius 2 is 2.05 bits per heavy atom. The second-order valence-electron chi connectivity index (χ2n) is 4.55. The van der Waals surface area contributed by atoms with Crippen LogP contribution in [0.1, 0.15) is 22.3 Å². The van der Waals surface area contributed by atoms with Crippen LogP contribution >= 0.6 is 11.8 Å². The number of nitrogens with zero attached hydrogens (tertiary/aromatic N) is 1. The van der Waals surface area contributed by atoms with Gasteiger partial charge in [-0.05, 0) is 18.4 Å². The van der Waals surface area contributed by atoms with Crippen LogP contribution in [0.5, 0.6) is 0 Å². The third kappa shape index (κ3) is 3.16. The number of Topliss-reactive ketones (excluding diaryl/α,β-unsaturated/α-hetero) is 1. The molecule has 6 heteroatoms. The molecular formula is C15H15NO4S. The summed E-state index contributed by atoms with van der Waals surface area (Å²) in [5, 5.41) is 19.1. The summed E-state index contributed by atoms with van der Waals surface area (Å²) in [7, 11) is 0. The van der Waals surface area contributed by atoms with Crippen LogP contribution in [-0.2, 0) is 4.79 Å². The summed E-state index contributed by atoms with van der Waals surface area (Å²) < 4.78 is 0. The standard InChI is InChI=1S/C15H15NO4S/c1-21-7-6-12(15(19)20)16-8-11-13(17)9-4-2-3-5-10(9)14(11)18/h2-5,8,12,17H,6-7H2,1H3,(H,19,20)/t12-/m0/s1. The first kappa shape index (κ1) is 15.3. The topological polar surface area (TPSA) is 87.0 Å². The van der Waals surface area contributed by atoms with E-state index in [1.165, 1.54) is 18.0 Å². The highest BCUT2D eigenvalue weighted by molar-refractivity contribution is 7.98. The monoisotopic (exact) mass is 305 g/mol. The van der Waals surface area contributed by atoms with Crippen LogP contribution < -0.4 is 0 Å². The summed E-state index contributed by atoms with van der Waals surface area (Å²) >= 11 is 1.53. The first-order chi connectivity index (χ1) is 10.1. The molecule has 2 rings (SSSR count). The molecule has 2 N–H and O–H groups in total. The maximum absolute atomic E-state index is 12.1. The number of aliphatic hydroxyl groups excluding tert-OH is 1. The molecule has 0 saturated heterocycles. The molecule has 0 spiro atoms. The highest BCUT2D eigenvalue weighted by Crippen LogP contribution is 2.29. The van der Waals surface area contributed by atoms with E-state index in [4.69, 9.17) is 5.11 Å². The van der Waals surface area contributed by atoms with Gasteiger partial charge in [-0.1, -0.05) is 24.3 Å². The van der Waals surface area contributed by atoms with E-state index in [2.05, 4.69) is 4.99 Å². The van der Waals surface area contributed by atoms with Gasteiger partial charge in [-0.25, -0.2) is 4.79 Å². The molecule has 21 heavy (non-hydrogen) atoms. The van der Waals surface area contributed by atoms with E-state index in [9.17, 15) is 14.7 Å². The molecule has 1 atom stereocenters. The normalized spacial score (nSPS) is 15.6.